The quantitative estimate of drug-likeness (QED) is 0.174. The molecular formula is C17H18ClF4N7O7S2. The van der Waals surface area contributed by atoms with E-state index in [4.69, 9.17) is 16.7 Å². The summed E-state index contributed by atoms with van der Waals surface area (Å²) in [6, 6.07) is 2.98. The molecule has 0 radical (unpaired) electrons. The minimum Gasteiger partial charge on any atom is -0.333 e. The zero-order valence-corrected chi connectivity index (χ0v) is 21.2. The average Bonchev–Trinajstić information content (AvgIpc) is 3.30. The number of nitrogens with one attached hydrogen (secondary N) is 2. The van der Waals surface area contributed by atoms with Crippen molar-refractivity contribution in [3.63, 3.8) is 0 Å². The summed E-state index contributed by atoms with van der Waals surface area (Å²) < 4.78 is 107. The van der Waals surface area contributed by atoms with Crippen molar-refractivity contribution in [2.75, 3.05) is 13.1 Å². The van der Waals surface area contributed by atoms with Crippen molar-refractivity contribution in [2.24, 2.45) is 10.1 Å². The minimum absolute atomic E-state index is 0.0668. The Morgan fingerprint density at radius 3 is 2.47 bits per heavy atom. The van der Waals surface area contributed by atoms with Crippen LogP contribution in [0.3, 0.4) is 0 Å². The van der Waals surface area contributed by atoms with Gasteiger partial charge in [-0.1, -0.05) is 16.8 Å². The van der Waals surface area contributed by atoms with Gasteiger partial charge >= 0.3 is 12.1 Å². The molecule has 0 spiro atoms. The van der Waals surface area contributed by atoms with Crippen LogP contribution >= 0.6 is 11.6 Å². The third-order valence-corrected chi connectivity index (χ3v) is 8.31. The SMILES string of the molecule is NS(=O)(=O)N1CCC(S(=O)(=O)NCc2nonc2C(=Nc2ccc(F)c(Cl)c2)NOC(=O)C(F)(F)F)CC1. The van der Waals surface area contributed by atoms with E-state index in [1.54, 1.807) is 5.48 Å². The predicted molar refractivity (Wildman–Crippen MR) is 121 cm³/mol. The fraction of sp³-hybridized carbons (Fsp3) is 0.412. The molecule has 2 heterocycles. The number of hydrogen-bond acceptors (Lipinski definition) is 10. The van der Waals surface area contributed by atoms with E-state index in [1.165, 1.54) is 0 Å². The van der Waals surface area contributed by atoms with Crippen LogP contribution in [0.2, 0.25) is 5.02 Å². The molecule has 3 rings (SSSR count). The molecule has 1 saturated heterocycles. The van der Waals surface area contributed by atoms with Crippen LogP contribution in [-0.4, -0.2) is 67.8 Å². The molecule has 21 heteroatoms. The number of halogens is 5. The van der Waals surface area contributed by atoms with Crippen LogP contribution in [0, 0.1) is 5.82 Å². The van der Waals surface area contributed by atoms with Gasteiger partial charge in [-0.2, -0.15) is 31.4 Å². The summed E-state index contributed by atoms with van der Waals surface area (Å²) in [4.78, 5) is 19.0. The molecule has 0 amide bonds. The first-order valence-corrected chi connectivity index (χ1v) is 13.7. The number of amidine groups is 1. The number of piperidine rings is 1. The number of sulfonamides is 1. The molecule has 0 unspecified atom stereocenters. The summed E-state index contributed by atoms with van der Waals surface area (Å²) in [6.45, 7) is -0.867. The van der Waals surface area contributed by atoms with E-state index in [-0.39, 0.29) is 37.3 Å². The predicted octanol–water partition coefficient (Wildman–Crippen LogP) is 0.638. The number of aliphatic imine (C=N–C) groups is 1. The number of hydrogen-bond donors (Lipinski definition) is 3. The summed E-state index contributed by atoms with van der Waals surface area (Å²) in [5, 5.41) is 10.6. The normalized spacial score (nSPS) is 16.4. The van der Waals surface area contributed by atoms with E-state index in [1.807, 2.05) is 0 Å². The summed E-state index contributed by atoms with van der Waals surface area (Å²) in [6.07, 6.45) is -5.51. The van der Waals surface area contributed by atoms with Gasteiger partial charge in [-0.3, -0.25) is 0 Å². The molecule has 14 nitrogen and oxygen atoms in total. The zero-order chi connectivity index (χ0) is 28.3. The molecule has 2 aromatic rings. The van der Waals surface area contributed by atoms with Gasteiger partial charge in [0.15, 0.2) is 11.5 Å². The van der Waals surface area contributed by atoms with Crippen LogP contribution in [0.25, 0.3) is 0 Å². The van der Waals surface area contributed by atoms with E-state index >= 15 is 0 Å². The Kier molecular flexibility index (Phi) is 8.93. The van der Waals surface area contributed by atoms with Crippen molar-refractivity contribution in [1.29, 1.82) is 0 Å². The van der Waals surface area contributed by atoms with Gasteiger partial charge in [0.1, 0.15) is 11.5 Å². The van der Waals surface area contributed by atoms with Crippen LogP contribution < -0.4 is 15.3 Å². The van der Waals surface area contributed by atoms with Crippen molar-refractivity contribution < 1.29 is 48.7 Å². The van der Waals surface area contributed by atoms with Gasteiger partial charge in [-0.05, 0) is 36.2 Å². The first kappa shape index (κ1) is 29.6. The highest BCUT2D eigenvalue weighted by Crippen LogP contribution is 2.23. The van der Waals surface area contributed by atoms with Crippen LogP contribution in [0.4, 0.5) is 23.2 Å². The first-order chi connectivity index (χ1) is 17.6. The fourth-order valence-electron chi connectivity index (χ4n) is 3.15. The lowest BCUT2D eigenvalue weighted by molar-refractivity contribution is -0.203. The van der Waals surface area contributed by atoms with Crippen molar-refractivity contribution in [3.8, 4) is 0 Å². The van der Waals surface area contributed by atoms with Gasteiger partial charge in [-0.25, -0.2) is 37.1 Å². The molecule has 210 valence electrons. The molecule has 0 aliphatic carbocycles. The third kappa shape index (κ3) is 7.57. The van der Waals surface area contributed by atoms with E-state index in [2.05, 4.69) is 29.5 Å². The van der Waals surface area contributed by atoms with Crippen LogP contribution in [-0.2, 0) is 36.4 Å². The van der Waals surface area contributed by atoms with Crippen LogP contribution in [0.5, 0.6) is 0 Å². The molecule has 1 aliphatic heterocycles. The number of aromatic nitrogens is 2. The highest BCUT2D eigenvalue weighted by Gasteiger charge is 2.42. The lowest BCUT2D eigenvalue weighted by atomic mass is 10.2. The van der Waals surface area contributed by atoms with E-state index in [0.717, 1.165) is 22.5 Å². The number of nitrogens with two attached hydrogens (primary N) is 1. The highest BCUT2D eigenvalue weighted by atomic mass is 35.5. The second kappa shape index (κ2) is 11.5. The third-order valence-electron chi connectivity index (χ3n) is 5.04. The fourth-order valence-corrected chi connectivity index (χ4v) is 5.45. The monoisotopic (exact) mass is 607 g/mol. The molecule has 4 N–H and O–H groups in total. The molecule has 0 atom stereocenters. The summed E-state index contributed by atoms with van der Waals surface area (Å²) in [7, 11) is -8.04. The maximum Gasteiger partial charge on any atom is 0.493 e. The number of alkyl halides is 3. The van der Waals surface area contributed by atoms with Crippen LogP contribution in [0.15, 0.2) is 27.8 Å². The van der Waals surface area contributed by atoms with Crippen LogP contribution in [0.1, 0.15) is 24.2 Å². The molecule has 1 fully saturated rings. The second-order valence-electron chi connectivity index (χ2n) is 7.62. The number of benzene rings is 1. The minimum atomic E-state index is -5.38. The topological polar surface area (TPSA) is 199 Å². The Labute approximate surface area is 217 Å². The summed E-state index contributed by atoms with van der Waals surface area (Å²) in [5.41, 5.74) is 0.775. The van der Waals surface area contributed by atoms with Crippen molar-refractivity contribution in [3.05, 3.63) is 40.4 Å². The lowest BCUT2D eigenvalue weighted by Crippen LogP contribution is -2.47. The molecule has 38 heavy (non-hydrogen) atoms. The second-order valence-corrected chi connectivity index (χ2v) is 11.6. The van der Waals surface area contributed by atoms with E-state index in [9.17, 15) is 39.2 Å². The van der Waals surface area contributed by atoms with Gasteiger partial charge in [0.25, 0.3) is 10.2 Å². The lowest BCUT2D eigenvalue weighted by Gasteiger charge is -2.29. The number of rotatable bonds is 7. The Hall–Kier alpha value is -2.91. The van der Waals surface area contributed by atoms with Gasteiger partial charge in [0, 0.05) is 13.1 Å². The van der Waals surface area contributed by atoms with E-state index in [0.29, 0.717) is 0 Å². The maximum absolute atomic E-state index is 13.5. The maximum atomic E-state index is 13.5. The number of carbonyl (C=O) groups excluding carboxylic acids is 1. The van der Waals surface area contributed by atoms with E-state index < -0.39 is 66.5 Å². The standard InChI is InChI=1S/C17H18ClF4N7O7S2/c18-11-7-9(1-2-12(11)19)25-15(28-35-16(30)17(20,21)22)14-13(26-36-27-14)8-24-37(31,32)10-3-5-29(6-4-10)38(23,33)34/h1-2,7,10,24H,3-6,8H2,(H,25,28)(H2,23,33,34). The Morgan fingerprint density at radius 1 is 1.24 bits per heavy atom. The van der Waals surface area contributed by atoms with Crippen molar-refractivity contribution >= 4 is 49.3 Å². The summed E-state index contributed by atoms with van der Waals surface area (Å²) >= 11 is 5.68. The Bertz CT molecular complexity index is 1430. The average molecular weight is 608 g/mol. The largest absolute Gasteiger partial charge is 0.493 e. The molecule has 1 aromatic carbocycles. The first-order valence-electron chi connectivity index (χ1n) is 10.2. The van der Waals surface area contributed by atoms with Crippen molar-refractivity contribution in [2.45, 2.75) is 30.8 Å². The molecule has 0 bridgehead atoms. The zero-order valence-electron chi connectivity index (χ0n) is 18.8. The number of hydroxylamine groups is 1. The van der Waals surface area contributed by atoms with Gasteiger partial charge < -0.3 is 4.84 Å². The Morgan fingerprint density at radius 2 is 1.89 bits per heavy atom. The van der Waals surface area contributed by atoms with Gasteiger partial charge in [0.05, 0.1) is 22.5 Å². The molecule has 1 aliphatic rings. The number of carbonyl (C=O) groups is 1. The van der Waals surface area contributed by atoms with Gasteiger partial charge in [0.2, 0.25) is 10.0 Å². The molecular weight excluding hydrogens is 590 g/mol. The highest BCUT2D eigenvalue weighted by molar-refractivity contribution is 7.90. The van der Waals surface area contributed by atoms with Gasteiger partial charge in [-0.15, -0.1) is 0 Å². The molecule has 1 aromatic heterocycles. The number of nitrogens with zero attached hydrogens (tertiary/aromatic N) is 4. The molecule has 0 saturated carbocycles. The smallest absolute Gasteiger partial charge is 0.333 e. The van der Waals surface area contributed by atoms with Crippen molar-refractivity contribution in [1.82, 2.24) is 24.8 Å². The summed E-state index contributed by atoms with van der Waals surface area (Å²) in [5.74, 6) is -4.16. The Balaban J connectivity index is 1.81.